The number of amides is 1. The first kappa shape index (κ1) is 11.3. The number of pyridine rings is 1. The van der Waals surface area contributed by atoms with Gasteiger partial charge in [-0.1, -0.05) is 11.6 Å². The summed E-state index contributed by atoms with van der Waals surface area (Å²) in [5.74, 6) is -0.257. The summed E-state index contributed by atoms with van der Waals surface area (Å²) in [6, 6.07) is 4.32. The van der Waals surface area contributed by atoms with Crippen molar-refractivity contribution in [2.45, 2.75) is 0 Å². The van der Waals surface area contributed by atoms with Crippen LogP contribution in [0.5, 0.6) is 5.75 Å². The molecule has 86 valence electrons. The van der Waals surface area contributed by atoms with Gasteiger partial charge in [-0.15, -0.1) is 10.2 Å². The summed E-state index contributed by atoms with van der Waals surface area (Å²) in [7, 11) is 0. The fraction of sp³-hybridized carbons (Fsp3) is 0. The number of hydrogen-bond acceptors (Lipinski definition) is 5. The summed E-state index contributed by atoms with van der Waals surface area (Å²) in [6.07, 6.45) is 2.57. The van der Waals surface area contributed by atoms with Crippen molar-refractivity contribution < 1.29 is 9.90 Å². The van der Waals surface area contributed by atoms with Gasteiger partial charge in [0.05, 0.1) is 11.8 Å². The van der Waals surface area contributed by atoms with Gasteiger partial charge in [0.1, 0.15) is 5.75 Å². The van der Waals surface area contributed by atoms with Gasteiger partial charge in [0.2, 0.25) is 0 Å². The number of anilines is 1. The fourth-order valence-corrected chi connectivity index (χ4v) is 1.22. The molecular weight excluding hydrogens is 244 g/mol. The first-order chi connectivity index (χ1) is 8.15. The third kappa shape index (κ3) is 2.88. The number of nitrogens with one attached hydrogen (secondary N) is 1. The molecule has 0 aromatic carbocycles. The average Bonchev–Trinajstić information content (AvgIpc) is 2.32. The smallest absolute Gasteiger partial charge is 0.258 e. The lowest BCUT2D eigenvalue weighted by atomic mass is 10.2. The van der Waals surface area contributed by atoms with E-state index in [1.807, 2.05) is 0 Å². The molecule has 0 saturated heterocycles. The molecule has 0 aliphatic heterocycles. The van der Waals surface area contributed by atoms with Crippen LogP contribution in [-0.4, -0.2) is 26.2 Å². The highest BCUT2D eigenvalue weighted by atomic mass is 35.5. The maximum atomic E-state index is 11.7. The molecule has 0 bridgehead atoms. The third-order valence-electron chi connectivity index (χ3n) is 1.86. The molecule has 0 radical (unpaired) electrons. The van der Waals surface area contributed by atoms with Crippen LogP contribution >= 0.6 is 11.6 Å². The van der Waals surface area contributed by atoms with Crippen LogP contribution in [0.3, 0.4) is 0 Å². The molecule has 2 aromatic rings. The zero-order chi connectivity index (χ0) is 12.3. The van der Waals surface area contributed by atoms with Gasteiger partial charge < -0.3 is 10.4 Å². The minimum atomic E-state index is -0.440. The normalized spacial score (nSPS) is 9.94. The first-order valence-corrected chi connectivity index (χ1v) is 4.97. The van der Waals surface area contributed by atoms with Crippen molar-refractivity contribution in [2.75, 3.05) is 5.32 Å². The third-order valence-corrected chi connectivity index (χ3v) is 2.06. The number of carbonyl (C=O) groups excluding carboxylic acids is 1. The minimum absolute atomic E-state index is 0.0835. The molecule has 2 rings (SSSR count). The average molecular weight is 251 g/mol. The van der Waals surface area contributed by atoms with Crippen molar-refractivity contribution in [3.05, 3.63) is 41.3 Å². The Morgan fingerprint density at radius 2 is 2.12 bits per heavy atom. The number of hydrogen-bond donors (Lipinski definition) is 2. The predicted octanol–water partition coefficient (Wildman–Crippen LogP) is 1.48. The number of rotatable bonds is 2. The number of carbonyl (C=O) groups is 1. The lowest BCUT2D eigenvalue weighted by Gasteiger charge is -2.03. The molecule has 2 heterocycles. The Morgan fingerprint density at radius 1 is 1.29 bits per heavy atom. The zero-order valence-corrected chi connectivity index (χ0v) is 9.22. The van der Waals surface area contributed by atoms with E-state index >= 15 is 0 Å². The van der Waals surface area contributed by atoms with Gasteiger partial charge in [0.25, 0.3) is 5.91 Å². The molecule has 2 aromatic heterocycles. The van der Waals surface area contributed by atoms with E-state index in [9.17, 15) is 9.90 Å². The Bertz CT molecular complexity index is 544. The van der Waals surface area contributed by atoms with E-state index in [1.54, 1.807) is 0 Å². The van der Waals surface area contributed by atoms with Crippen LogP contribution in [0.1, 0.15) is 10.4 Å². The first-order valence-electron chi connectivity index (χ1n) is 4.60. The molecule has 0 spiro atoms. The Morgan fingerprint density at radius 3 is 2.76 bits per heavy atom. The van der Waals surface area contributed by atoms with E-state index in [0.717, 1.165) is 0 Å². The van der Waals surface area contributed by atoms with Crippen molar-refractivity contribution in [2.24, 2.45) is 0 Å². The summed E-state index contributed by atoms with van der Waals surface area (Å²) in [4.78, 5) is 15.4. The lowest BCUT2D eigenvalue weighted by Crippen LogP contribution is -2.13. The number of aromatic nitrogens is 3. The highest BCUT2D eigenvalue weighted by Crippen LogP contribution is 2.11. The molecule has 1 amide bonds. The predicted molar refractivity (Wildman–Crippen MR) is 60.9 cm³/mol. The van der Waals surface area contributed by atoms with Gasteiger partial charge in [-0.25, -0.2) is 0 Å². The Kier molecular flexibility index (Phi) is 3.15. The van der Waals surface area contributed by atoms with Crippen molar-refractivity contribution in [1.29, 1.82) is 0 Å². The van der Waals surface area contributed by atoms with Crippen LogP contribution in [0.4, 0.5) is 5.82 Å². The summed E-state index contributed by atoms with van der Waals surface area (Å²) in [5, 5.41) is 19.2. The lowest BCUT2D eigenvalue weighted by molar-refractivity contribution is 0.102. The van der Waals surface area contributed by atoms with E-state index in [1.165, 1.54) is 30.6 Å². The number of halogens is 1. The largest absolute Gasteiger partial charge is 0.506 e. The quantitative estimate of drug-likeness (QED) is 0.843. The molecule has 0 atom stereocenters. The number of aromatic hydroxyl groups is 1. The van der Waals surface area contributed by atoms with Crippen LogP contribution < -0.4 is 5.32 Å². The van der Waals surface area contributed by atoms with Crippen molar-refractivity contribution in [3.8, 4) is 5.75 Å². The maximum absolute atomic E-state index is 11.7. The maximum Gasteiger partial charge on any atom is 0.258 e. The van der Waals surface area contributed by atoms with Crippen LogP contribution in [0.15, 0.2) is 30.6 Å². The van der Waals surface area contributed by atoms with Gasteiger partial charge in [-0.3, -0.25) is 9.78 Å². The van der Waals surface area contributed by atoms with Crippen LogP contribution in [0.25, 0.3) is 0 Å². The zero-order valence-electron chi connectivity index (χ0n) is 8.46. The topological polar surface area (TPSA) is 88.0 Å². The minimum Gasteiger partial charge on any atom is -0.506 e. The Labute approximate surface area is 101 Å². The SMILES string of the molecule is O=C(Nc1ccc(Cl)nn1)c1cncc(O)c1. The molecule has 0 aliphatic rings. The highest BCUT2D eigenvalue weighted by molar-refractivity contribution is 6.29. The van der Waals surface area contributed by atoms with E-state index in [2.05, 4.69) is 20.5 Å². The van der Waals surface area contributed by atoms with Crippen LogP contribution in [0.2, 0.25) is 5.15 Å². The van der Waals surface area contributed by atoms with Gasteiger partial charge in [0.15, 0.2) is 11.0 Å². The molecule has 0 fully saturated rings. The van der Waals surface area contributed by atoms with E-state index in [4.69, 9.17) is 11.6 Å². The highest BCUT2D eigenvalue weighted by Gasteiger charge is 2.08. The van der Waals surface area contributed by atoms with Crippen molar-refractivity contribution >= 4 is 23.3 Å². The molecule has 6 nitrogen and oxygen atoms in total. The fourth-order valence-electron chi connectivity index (χ4n) is 1.12. The second-order valence-corrected chi connectivity index (χ2v) is 3.51. The summed E-state index contributed by atoms with van der Waals surface area (Å²) in [6.45, 7) is 0. The van der Waals surface area contributed by atoms with Crippen molar-refractivity contribution in [3.63, 3.8) is 0 Å². The molecule has 7 heteroatoms. The summed E-state index contributed by atoms with van der Waals surface area (Å²) in [5.41, 5.74) is 0.224. The van der Waals surface area contributed by atoms with Gasteiger partial charge in [0, 0.05) is 6.20 Å². The molecule has 2 N–H and O–H groups in total. The molecule has 0 unspecified atom stereocenters. The second kappa shape index (κ2) is 4.75. The van der Waals surface area contributed by atoms with E-state index < -0.39 is 5.91 Å². The van der Waals surface area contributed by atoms with Gasteiger partial charge >= 0.3 is 0 Å². The summed E-state index contributed by atoms with van der Waals surface area (Å²) < 4.78 is 0. The van der Waals surface area contributed by atoms with Gasteiger partial charge in [-0.05, 0) is 18.2 Å². The Hall–Kier alpha value is -2.21. The second-order valence-electron chi connectivity index (χ2n) is 3.13. The molecular formula is C10H7ClN4O2. The van der Waals surface area contributed by atoms with E-state index in [-0.39, 0.29) is 22.3 Å². The standard InChI is InChI=1S/C10H7ClN4O2/c11-8-1-2-9(15-14-8)13-10(17)6-3-7(16)5-12-4-6/h1-5,16H,(H,13,15,17). The molecule has 0 aliphatic carbocycles. The molecule has 17 heavy (non-hydrogen) atoms. The summed E-state index contributed by atoms with van der Waals surface area (Å²) >= 11 is 5.56. The van der Waals surface area contributed by atoms with Gasteiger partial charge in [-0.2, -0.15) is 0 Å². The van der Waals surface area contributed by atoms with Crippen molar-refractivity contribution in [1.82, 2.24) is 15.2 Å². The van der Waals surface area contributed by atoms with E-state index in [0.29, 0.717) is 0 Å². The van der Waals surface area contributed by atoms with Crippen LogP contribution in [-0.2, 0) is 0 Å². The molecule has 0 saturated carbocycles. The monoisotopic (exact) mass is 250 g/mol. The number of nitrogens with zero attached hydrogens (tertiary/aromatic N) is 3. The Balaban J connectivity index is 2.14. The van der Waals surface area contributed by atoms with Crippen LogP contribution in [0, 0.1) is 0 Å².